The molecule has 0 saturated carbocycles. The van der Waals surface area contributed by atoms with Gasteiger partial charge in [0.2, 0.25) is 0 Å². The van der Waals surface area contributed by atoms with Gasteiger partial charge in [-0.3, -0.25) is 14.5 Å². The summed E-state index contributed by atoms with van der Waals surface area (Å²) in [6, 6.07) is 25.4. The molecular formula is C40H37FN4O5. The van der Waals surface area contributed by atoms with Crippen LogP contribution in [-0.2, 0) is 33.1 Å². The molecule has 0 saturated heterocycles. The Balaban J connectivity index is 1.27. The predicted molar refractivity (Wildman–Crippen MR) is 188 cm³/mol. The predicted octanol–water partition coefficient (Wildman–Crippen LogP) is 7.22. The van der Waals surface area contributed by atoms with E-state index < -0.39 is 11.9 Å². The van der Waals surface area contributed by atoms with Crippen molar-refractivity contribution < 1.29 is 28.6 Å². The number of aromatic nitrogens is 1. The molecule has 9 nitrogen and oxygen atoms in total. The number of benzene rings is 4. The summed E-state index contributed by atoms with van der Waals surface area (Å²) >= 11 is 0. The molecule has 1 aromatic heterocycles. The van der Waals surface area contributed by atoms with Crippen LogP contribution in [0.5, 0.6) is 11.5 Å². The molecule has 7 rings (SSSR count). The highest BCUT2D eigenvalue weighted by Crippen LogP contribution is 2.37. The molecule has 1 unspecified atom stereocenters. The molecular weight excluding hydrogens is 635 g/mol. The number of ether oxygens (including phenoxy) is 1. The van der Waals surface area contributed by atoms with Crippen LogP contribution in [0.1, 0.15) is 55.6 Å². The van der Waals surface area contributed by atoms with Crippen LogP contribution < -0.4 is 9.64 Å². The summed E-state index contributed by atoms with van der Waals surface area (Å²) in [6.45, 7) is 4.88. The maximum atomic E-state index is 14.6. The SMILES string of the molecule is Cc1c(C(=O)N(C)c2ccc(O)cc2)cc(-c2cc3c(cc2C(=O)N2Cc4ccccc4CC2C)CN(C(=O)Oc2ccc(F)cc2)C3)n1C. The van der Waals surface area contributed by atoms with Gasteiger partial charge in [-0.2, -0.15) is 0 Å². The van der Waals surface area contributed by atoms with Gasteiger partial charge in [0, 0.05) is 68.0 Å². The van der Waals surface area contributed by atoms with Crippen LogP contribution in [0.4, 0.5) is 14.9 Å². The lowest BCUT2D eigenvalue weighted by atomic mass is 9.92. The lowest BCUT2D eigenvalue weighted by molar-refractivity contribution is 0.0658. The van der Waals surface area contributed by atoms with E-state index in [1.54, 1.807) is 24.1 Å². The van der Waals surface area contributed by atoms with Crippen molar-refractivity contribution >= 4 is 23.6 Å². The lowest BCUT2D eigenvalue weighted by Gasteiger charge is -2.35. The fourth-order valence-corrected chi connectivity index (χ4v) is 6.89. The monoisotopic (exact) mass is 672 g/mol. The second-order valence-corrected chi connectivity index (χ2v) is 13.1. The van der Waals surface area contributed by atoms with E-state index in [0.29, 0.717) is 34.6 Å². The van der Waals surface area contributed by atoms with Gasteiger partial charge in [0.15, 0.2) is 0 Å². The second kappa shape index (κ2) is 12.9. The zero-order valence-electron chi connectivity index (χ0n) is 28.3. The molecule has 4 aromatic carbocycles. The third-order valence-electron chi connectivity index (χ3n) is 9.92. The van der Waals surface area contributed by atoms with Gasteiger partial charge in [0.25, 0.3) is 11.8 Å². The van der Waals surface area contributed by atoms with Gasteiger partial charge in [-0.25, -0.2) is 9.18 Å². The maximum Gasteiger partial charge on any atom is 0.415 e. The minimum atomic E-state index is -0.580. The van der Waals surface area contributed by atoms with Gasteiger partial charge >= 0.3 is 6.09 Å². The van der Waals surface area contributed by atoms with E-state index in [1.165, 1.54) is 46.9 Å². The third kappa shape index (κ3) is 5.97. The minimum Gasteiger partial charge on any atom is -0.508 e. The summed E-state index contributed by atoms with van der Waals surface area (Å²) in [5.74, 6) is -0.458. The number of anilines is 1. The molecule has 0 radical (unpaired) electrons. The molecule has 0 bridgehead atoms. The Morgan fingerprint density at radius 1 is 0.840 bits per heavy atom. The summed E-state index contributed by atoms with van der Waals surface area (Å²) in [7, 11) is 3.55. The topological polar surface area (TPSA) is 95.3 Å². The fraction of sp³-hybridized carbons (Fsp3) is 0.225. The molecule has 3 heterocycles. The Hall–Kier alpha value is -5.90. The number of carbonyl (C=O) groups excluding carboxylic acids is 3. The van der Waals surface area contributed by atoms with Crippen molar-refractivity contribution in [2.75, 3.05) is 11.9 Å². The molecule has 3 amide bonds. The highest BCUT2D eigenvalue weighted by Gasteiger charge is 2.33. The number of hydrogen-bond donors (Lipinski definition) is 1. The van der Waals surface area contributed by atoms with Gasteiger partial charge in [0.1, 0.15) is 17.3 Å². The van der Waals surface area contributed by atoms with Crippen molar-refractivity contribution in [3.8, 4) is 22.8 Å². The summed E-state index contributed by atoms with van der Waals surface area (Å²) < 4.78 is 20.9. The molecule has 50 heavy (non-hydrogen) atoms. The normalized spacial score (nSPS) is 15.0. The fourth-order valence-electron chi connectivity index (χ4n) is 6.89. The van der Waals surface area contributed by atoms with Gasteiger partial charge in [0.05, 0.1) is 5.56 Å². The smallest absolute Gasteiger partial charge is 0.415 e. The average molecular weight is 673 g/mol. The molecule has 2 aliphatic heterocycles. The molecule has 1 atom stereocenters. The van der Waals surface area contributed by atoms with Crippen molar-refractivity contribution in [3.05, 3.63) is 136 Å². The molecule has 0 aliphatic carbocycles. The number of hydrogen-bond acceptors (Lipinski definition) is 5. The number of phenols is 1. The number of fused-ring (bicyclic) bond motifs is 2. The number of nitrogens with zero attached hydrogens (tertiary/aromatic N) is 4. The third-order valence-corrected chi connectivity index (χ3v) is 9.92. The maximum absolute atomic E-state index is 14.6. The molecule has 1 N–H and O–H groups in total. The van der Waals surface area contributed by atoms with Crippen LogP contribution in [0, 0.1) is 12.7 Å². The van der Waals surface area contributed by atoms with Gasteiger partial charge < -0.3 is 24.2 Å². The van der Waals surface area contributed by atoms with E-state index in [1.807, 2.05) is 53.8 Å². The molecule has 0 spiro atoms. The Labute approximate surface area is 289 Å². The van der Waals surface area contributed by atoms with Crippen LogP contribution in [0.2, 0.25) is 0 Å². The minimum absolute atomic E-state index is 0.0491. The molecule has 10 heteroatoms. The Morgan fingerprint density at radius 3 is 2.20 bits per heavy atom. The average Bonchev–Trinajstić information content (AvgIpc) is 3.67. The molecule has 254 valence electrons. The van der Waals surface area contributed by atoms with Crippen LogP contribution >= 0.6 is 0 Å². The Kier molecular flexibility index (Phi) is 8.39. The standard InChI is InChI=1S/C40H37FN4O5/c1-24-17-26-7-5-6-8-27(26)23-45(24)39(48)36-19-29-22-44(40(49)50-33-15-9-30(41)10-16-33)21-28(29)18-35(36)37-20-34(25(2)42(37)3)38(47)43(4)31-11-13-32(46)14-12-31/h5-16,18-20,24,46H,17,21-23H2,1-4H3. The first-order chi connectivity index (χ1) is 24.0. The molecule has 0 fully saturated rings. The largest absolute Gasteiger partial charge is 0.508 e. The summed E-state index contributed by atoms with van der Waals surface area (Å²) in [5, 5.41) is 9.74. The first-order valence-corrected chi connectivity index (χ1v) is 16.5. The first kappa shape index (κ1) is 32.6. The van der Waals surface area contributed by atoms with Crippen molar-refractivity contribution in [1.29, 1.82) is 0 Å². The quantitative estimate of drug-likeness (QED) is 0.213. The summed E-state index contributed by atoms with van der Waals surface area (Å²) in [5.41, 5.74) is 7.67. The zero-order valence-corrected chi connectivity index (χ0v) is 28.3. The van der Waals surface area contributed by atoms with Crippen molar-refractivity contribution in [2.24, 2.45) is 7.05 Å². The van der Waals surface area contributed by atoms with E-state index in [4.69, 9.17) is 4.74 Å². The number of amides is 3. The second-order valence-electron chi connectivity index (χ2n) is 13.1. The van der Waals surface area contributed by atoms with Crippen LogP contribution in [0.15, 0.2) is 91.0 Å². The van der Waals surface area contributed by atoms with Gasteiger partial charge in [-0.05, 0) is 109 Å². The van der Waals surface area contributed by atoms with Crippen LogP contribution in [0.3, 0.4) is 0 Å². The Morgan fingerprint density at radius 2 is 1.50 bits per heavy atom. The molecule has 5 aromatic rings. The summed E-state index contributed by atoms with van der Waals surface area (Å²) in [4.78, 5) is 46.6. The van der Waals surface area contributed by atoms with Gasteiger partial charge in [-0.1, -0.05) is 24.3 Å². The number of carbonyl (C=O) groups is 3. The first-order valence-electron chi connectivity index (χ1n) is 16.5. The highest BCUT2D eigenvalue weighted by molar-refractivity contribution is 6.08. The van der Waals surface area contributed by atoms with Crippen molar-refractivity contribution in [2.45, 2.75) is 45.9 Å². The lowest BCUT2D eigenvalue weighted by Crippen LogP contribution is -2.42. The van der Waals surface area contributed by atoms with Crippen LogP contribution in [-0.4, -0.2) is 50.5 Å². The van der Waals surface area contributed by atoms with E-state index >= 15 is 0 Å². The van der Waals surface area contributed by atoms with E-state index in [-0.39, 0.29) is 42.4 Å². The zero-order chi connectivity index (χ0) is 35.3. The Bertz CT molecular complexity index is 2140. The van der Waals surface area contributed by atoms with Crippen molar-refractivity contribution in [3.63, 3.8) is 0 Å². The van der Waals surface area contributed by atoms with Gasteiger partial charge in [-0.15, -0.1) is 0 Å². The van der Waals surface area contributed by atoms with E-state index in [2.05, 4.69) is 19.1 Å². The van der Waals surface area contributed by atoms with Crippen LogP contribution in [0.25, 0.3) is 11.3 Å². The van der Waals surface area contributed by atoms with Crippen molar-refractivity contribution in [1.82, 2.24) is 14.4 Å². The highest BCUT2D eigenvalue weighted by atomic mass is 19.1. The van der Waals surface area contributed by atoms with E-state index in [9.17, 15) is 23.9 Å². The number of phenolic OH excluding ortho intramolecular Hbond substituents is 1. The summed E-state index contributed by atoms with van der Waals surface area (Å²) in [6.07, 6.45) is 0.153. The number of rotatable bonds is 5. The number of aromatic hydroxyl groups is 1. The number of halogens is 1. The van der Waals surface area contributed by atoms with E-state index in [0.717, 1.165) is 28.8 Å². The molecule has 2 aliphatic rings.